The highest BCUT2D eigenvalue weighted by atomic mass is 32.2. The number of fused-ring (bicyclic) bond motifs is 1. The maximum absolute atomic E-state index is 12.4. The predicted octanol–water partition coefficient (Wildman–Crippen LogP) is 3.95. The second-order valence-electron chi connectivity index (χ2n) is 4.21. The lowest BCUT2D eigenvalue weighted by Crippen LogP contribution is -2.03. The summed E-state index contributed by atoms with van der Waals surface area (Å²) in [5, 5.41) is 0.598. The van der Waals surface area contributed by atoms with Gasteiger partial charge in [-0.15, -0.1) is 0 Å². The van der Waals surface area contributed by atoms with Crippen LogP contribution in [-0.4, -0.2) is 7.11 Å². The zero-order valence-electron chi connectivity index (χ0n) is 10.8. The van der Waals surface area contributed by atoms with Crippen LogP contribution in [-0.2, 0) is 0 Å². The van der Waals surface area contributed by atoms with Crippen molar-refractivity contribution in [2.24, 2.45) is 0 Å². The lowest BCUT2D eigenvalue weighted by molar-refractivity contribution is 0.413. The van der Waals surface area contributed by atoms with E-state index in [-0.39, 0.29) is 5.43 Å². The van der Waals surface area contributed by atoms with Gasteiger partial charge in [0, 0.05) is 4.90 Å². The summed E-state index contributed by atoms with van der Waals surface area (Å²) in [5.41, 5.74) is 0.590. The molecule has 0 saturated carbocycles. The van der Waals surface area contributed by atoms with Gasteiger partial charge in [-0.3, -0.25) is 4.79 Å². The molecule has 100 valence electrons. The van der Waals surface area contributed by atoms with Crippen LogP contribution >= 0.6 is 11.8 Å². The molecule has 0 radical (unpaired) electrons. The fraction of sp³-hybridized carbons (Fsp3) is 0.0625. The molecule has 0 spiro atoms. The molecule has 3 aromatic rings. The second kappa shape index (κ2) is 5.43. The van der Waals surface area contributed by atoms with E-state index in [1.807, 2.05) is 36.4 Å². The molecule has 0 bridgehead atoms. The van der Waals surface area contributed by atoms with Crippen molar-refractivity contribution in [3.63, 3.8) is 0 Å². The van der Waals surface area contributed by atoms with Crippen molar-refractivity contribution < 1.29 is 9.15 Å². The average molecular weight is 284 g/mol. The van der Waals surface area contributed by atoms with Crippen molar-refractivity contribution in [2.75, 3.05) is 7.11 Å². The van der Waals surface area contributed by atoms with Crippen LogP contribution in [0, 0.1) is 0 Å². The van der Waals surface area contributed by atoms with Crippen molar-refractivity contribution in [3.05, 3.63) is 65.0 Å². The Morgan fingerprint density at radius 3 is 2.80 bits per heavy atom. The fourth-order valence-corrected chi connectivity index (χ4v) is 2.80. The lowest BCUT2D eigenvalue weighted by atomic mass is 10.2. The van der Waals surface area contributed by atoms with E-state index in [2.05, 4.69) is 0 Å². The number of para-hydroxylation sites is 1. The SMILES string of the molecule is COc1cccc(Sc2coc3ccccc3c2=O)c1. The molecule has 3 nitrogen and oxygen atoms in total. The molecule has 3 rings (SSSR count). The standard InChI is InChI=1S/C16H12O3S/c1-18-11-5-4-6-12(9-11)20-15-10-19-14-8-3-2-7-13(14)16(15)17/h2-10H,1H3. The van der Waals surface area contributed by atoms with Gasteiger partial charge in [0.2, 0.25) is 5.43 Å². The predicted molar refractivity (Wildman–Crippen MR) is 79.6 cm³/mol. The van der Waals surface area contributed by atoms with Gasteiger partial charge in [-0.25, -0.2) is 0 Å². The van der Waals surface area contributed by atoms with Crippen molar-refractivity contribution in [3.8, 4) is 5.75 Å². The Bertz CT molecular complexity index is 808. The van der Waals surface area contributed by atoms with Crippen LogP contribution in [0.25, 0.3) is 11.0 Å². The molecule has 0 aliphatic heterocycles. The van der Waals surface area contributed by atoms with Crippen molar-refractivity contribution in [1.29, 1.82) is 0 Å². The second-order valence-corrected chi connectivity index (χ2v) is 5.32. The summed E-state index contributed by atoms with van der Waals surface area (Å²) in [5.74, 6) is 0.764. The summed E-state index contributed by atoms with van der Waals surface area (Å²) < 4.78 is 10.7. The van der Waals surface area contributed by atoms with E-state index in [4.69, 9.17) is 9.15 Å². The Kier molecular flexibility index (Phi) is 3.48. The molecule has 0 aliphatic carbocycles. The van der Waals surface area contributed by atoms with Crippen LogP contribution in [0.3, 0.4) is 0 Å². The Labute approximate surface area is 120 Å². The van der Waals surface area contributed by atoms with E-state index in [0.29, 0.717) is 15.9 Å². The Balaban J connectivity index is 2.02. The first-order valence-corrected chi connectivity index (χ1v) is 6.92. The molecular weight excluding hydrogens is 272 g/mol. The van der Waals surface area contributed by atoms with Crippen molar-refractivity contribution >= 4 is 22.7 Å². The summed E-state index contributed by atoms with van der Waals surface area (Å²) in [6.45, 7) is 0. The van der Waals surface area contributed by atoms with Crippen molar-refractivity contribution in [2.45, 2.75) is 9.79 Å². The molecule has 0 N–H and O–H groups in total. The molecule has 0 aliphatic rings. The summed E-state index contributed by atoms with van der Waals surface area (Å²) in [7, 11) is 1.62. The van der Waals surface area contributed by atoms with Gasteiger partial charge in [0.1, 0.15) is 17.6 Å². The van der Waals surface area contributed by atoms with E-state index < -0.39 is 0 Å². The van der Waals surface area contributed by atoms with Crippen LogP contribution in [0.5, 0.6) is 5.75 Å². The van der Waals surface area contributed by atoms with E-state index in [9.17, 15) is 4.79 Å². The minimum Gasteiger partial charge on any atom is -0.497 e. The van der Waals surface area contributed by atoms with E-state index in [1.54, 1.807) is 19.2 Å². The van der Waals surface area contributed by atoms with E-state index in [0.717, 1.165) is 10.6 Å². The molecule has 0 saturated heterocycles. The molecule has 20 heavy (non-hydrogen) atoms. The lowest BCUT2D eigenvalue weighted by Gasteiger charge is -2.04. The third-order valence-corrected chi connectivity index (χ3v) is 3.91. The first-order chi connectivity index (χ1) is 9.78. The molecule has 0 amide bonds. The topological polar surface area (TPSA) is 39.4 Å². The van der Waals surface area contributed by atoms with Crippen LogP contribution in [0.1, 0.15) is 0 Å². The van der Waals surface area contributed by atoms with Crippen LogP contribution in [0.15, 0.2) is 73.8 Å². The first-order valence-electron chi connectivity index (χ1n) is 6.10. The normalized spacial score (nSPS) is 10.7. The minimum absolute atomic E-state index is 0.0142. The molecule has 0 atom stereocenters. The number of hydrogen-bond donors (Lipinski definition) is 0. The molecule has 2 aromatic carbocycles. The maximum atomic E-state index is 12.4. The van der Waals surface area contributed by atoms with Crippen LogP contribution in [0.4, 0.5) is 0 Å². The summed E-state index contributed by atoms with van der Waals surface area (Å²) in [6, 6.07) is 14.8. The van der Waals surface area contributed by atoms with Gasteiger partial charge in [-0.05, 0) is 30.3 Å². The molecule has 0 fully saturated rings. The maximum Gasteiger partial charge on any atom is 0.206 e. The van der Waals surface area contributed by atoms with Gasteiger partial charge in [-0.1, -0.05) is 30.0 Å². The molecule has 4 heteroatoms. The summed E-state index contributed by atoms with van der Waals surface area (Å²) in [4.78, 5) is 13.9. The fourth-order valence-electron chi connectivity index (χ4n) is 1.92. The number of rotatable bonds is 3. The highest BCUT2D eigenvalue weighted by Gasteiger charge is 2.08. The van der Waals surface area contributed by atoms with Crippen LogP contribution in [0.2, 0.25) is 0 Å². The van der Waals surface area contributed by atoms with Crippen LogP contribution < -0.4 is 10.2 Å². The average Bonchev–Trinajstić information content (AvgIpc) is 2.50. The van der Waals surface area contributed by atoms with E-state index >= 15 is 0 Å². The largest absolute Gasteiger partial charge is 0.497 e. The Morgan fingerprint density at radius 2 is 1.95 bits per heavy atom. The van der Waals surface area contributed by atoms with Gasteiger partial charge in [0.05, 0.1) is 17.4 Å². The Morgan fingerprint density at radius 1 is 1.10 bits per heavy atom. The highest BCUT2D eigenvalue weighted by molar-refractivity contribution is 7.99. The monoisotopic (exact) mass is 284 g/mol. The minimum atomic E-state index is -0.0142. The smallest absolute Gasteiger partial charge is 0.206 e. The third kappa shape index (κ3) is 2.42. The Hall–Kier alpha value is -2.20. The first kappa shape index (κ1) is 12.8. The van der Waals surface area contributed by atoms with Crippen molar-refractivity contribution in [1.82, 2.24) is 0 Å². The van der Waals surface area contributed by atoms with Gasteiger partial charge in [0.25, 0.3) is 0 Å². The zero-order chi connectivity index (χ0) is 13.9. The molecule has 0 unspecified atom stereocenters. The van der Waals surface area contributed by atoms with E-state index in [1.165, 1.54) is 18.0 Å². The number of hydrogen-bond acceptors (Lipinski definition) is 4. The molecular formula is C16H12O3S. The number of ether oxygens (including phenoxy) is 1. The molecule has 1 aromatic heterocycles. The third-order valence-electron chi connectivity index (χ3n) is 2.92. The number of benzene rings is 2. The summed E-state index contributed by atoms with van der Waals surface area (Å²) in [6.07, 6.45) is 1.51. The molecule has 1 heterocycles. The highest BCUT2D eigenvalue weighted by Crippen LogP contribution is 2.29. The van der Waals surface area contributed by atoms with Gasteiger partial charge < -0.3 is 9.15 Å². The van der Waals surface area contributed by atoms with Gasteiger partial charge in [0.15, 0.2) is 0 Å². The summed E-state index contributed by atoms with van der Waals surface area (Å²) >= 11 is 1.37. The quantitative estimate of drug-likeness (QED) is 0.730. The van der Waals surface area contributed by atoms with Gasteiger partial charge in [-0.2, -0.15) is 0 Å². The van der Waals surface area contributed by atoms with Gasteiger partial charge >= 0.3 is 0 Å². The zero-order valence-corrected chi connectivity index (χ0v) is 11.6. The number of methoxy groups -OCH3 is 1.